The Labute approximate surface area is 157 Å². The van der Waals surface area contributed by atoms with E-state index >= 15 is 0 Å². The molecule has 1 heterocycles. The van der Waals surface area contributed by atoms with Gasteiger partial charge in [0.05, 0.1) is 19.2 Å². The molecule has 2 rings (SSSR count). The Hall–Kier alpha value is -2.08. The number of aliphatic imine (C=N–C) groups is 1. The second-order valence-electron chi connectivity index (χ2n) is 7.11. The van der Waals surface area contributed by atoms with Crippen LogP contribution in [-0.4, -0.2) is 56.7 Å². The average molecular weight is 361 g/mol. The molecule has 0 aromatic heterocycles. The van der Waals surface area contributed by atoms with Crippen LogP contribution in [0.2, 0.25) is 0 Å². The number of nitrogens with one attached hydrogen (secondary N) is 2. The van der Waals surface area contributed by atoms with Gasteiger partial charge in [-0.05, 0) is 44.2 Å². The lowest BCUT2D eigenvalue weighted by Gasteiger charge is -2.24. The van der Waals surface area contributed by atoms with E-state index in [-0.39, 0.29) is 18.6 Å². The van der Waals surface area contributed by atoms with Gasteiger partial charge in [-0.1, -0.05) is 23.8 Å². The van der Waals surface area contributed by atoms with Crippen LogP contribution >= 0.6 is 0 Å². The maximum absolute atomic E-state index is 11.9. The van der Waals surface area contributed by atoms with Crippen LogP contribution in [0, 0.1) is 13.8 Å². The van der Waals surface area contributed by atoms with Crippen LogP contribution in [0.15, 0.2) is 23.2 Å². The molecule has 26 heavy (non-hydrogen) atoms. The molecule has 0 aliphatic carbocycles. The summed E-state index contributed by atoms with van der Waals surface area (Å²) < 4.78 is 5.77. The highest BCUT2D eigenvalue weighted by molar-refractivity contribution is 5.86. The number of nitrogens with zero attached hydrogens (tertiary/aromatic N) is 2. The van der Waals surface area contributed by atoms with Gasteiger partial charge in [0, 0.05) is 27.2 Å². The van der Waals surface area contributed by atoms with Crippen molar-refractivity contribution in [2.75, 3.05) is 33.8 Å². The van der Waals surface area contributed by atoms with Crippen LogP contribution in [0.1, 0.15) is 36.0 Å². The SMILES string of the molecule is Cc1ccc(CN=C(NCC(=O)N(C)C)NCC2CCCCO2)c(C)c1. The number of carbonyl (C=O) groups is 1. The van der Waals surface area contributed by atoms with Crippen LogP contribution in [0.5, 0.6) is 0 Å². The van der Waals surface area contributed by atoms with E-state index in [0.717, 1.165) is 19.4 Å². The lowest BCUT2D eigenvalue weighted by Crippen LogP contribution is -2.45. The van der Waals surface area contributed by atoms with E-state index in [0.29, 0.717) is 19.0 Å². The number of ether oxygens (including phenoxy) is 1. The van der Waals surface area contributed by atoms with Gasteiger partial charge < -0.3 is 20.3 Å². The van der Waals surface area contributed by atoms with Gasteiger partial charge in [0.25, 0.3) is 0 Å². The molecule has 0 bridgehead atoms. The minimum absolute atomic E-state index is 0.0138. The highest BCUT2D eigenvalue weighted by Gasteiger charge is 2.14. The van der Waals surface area contributed by atoms with Gasteiger partial charge in [-0.3, -0.25) is 4.79 Å². The van der Waals surface area contributed by atoms with E-state index in [4.69, 9.17) is 4.74 Å². The van der Waals surface area contributed by atoms with Gasteiger partial charge >= 0.3 is 0 Å². The van der Waals surface area contributed by atoms with Crippen molar-refractivity contribution in [1.82, 2.24) is 15.5 Å². The number of hydrogen-bond acceptors (Lipinski definition) is 3. The summed E-state index contributed by atoms with van der Waals surface area (Å²) >= 11 is 0. The van der Waals surface area contributed by atoms with Crippen molar-refractivity contribution in [3.8, 4) is 0 Å². The Kier molecular flexibility index (Phi) is 7.91. The molecule has 1 aromatic rings. The van der Waals surface area contributed by atoms with E-state index < -0.39 is 0 Å². The fourth-order valence-electron chi connectivity index (χ4n) is 2.86. The van der Waals surface area contributed by atoms with Crippen molar-refractivity contribution >= 4 is 11.9 Å². The summed E-state index contributed by atoms with van der Waals surface area (Å²) in [6.45, 7) is 6.51. The number of carbonyl (C=O) groups excluding carboxylic acids is 1. The van der Waals surface area contributed by atoms with Crippen molar-refractivity contribution in [1.29, 1.82) is 0 Å². The minimum atomic E-state index is 0.0138. The van der Waals surface area contributed by atoms with Crippen molar-refractivity contribution in [3.05, 3.63) is 34.9 Å². The third-order valence-electron chi connectivity index (χ3n) is 4.58. The number of rotatable bonds is 6. The molecular formula is C20H32N4O2. The van der Waals surface area contributed by atoms with Gasteiger partial charge in [0.2, 0.25) is 5.91 Å². The molecule has 2 N–H and O–H groups in total. The summed E-state index contributed by atoms with van der Waals surface area (Å²) in [6, 6.07) is 6.38. The molecular weight excluding hydrogens is 328 g/mol. The lowest BCUT2D eigenvalue weighted by atomic mass is 10.1. The molecule has 1 amide bonds. The van der Waals surface area contributed by atoms with Crippen LogP contribution in [-0.2, 0) is 16.1 Å². The second kappa shape index (κ2) is 10.2. The third-order valence-corrected chi connectivity index (χ3v) is 4.58. The highest BCUT2D eigenvalue weighted by atomic mass is 16.5. The third kappa shape index (κ3) is 6.67. The highest BCUT2D eigenvalue weighted by Crippen LogP contribution is 2.12. The van der Waals surface area contributed by atoms with Gasteiger partial charge in [0.1, 0.15) is 0 Å². The normalized spacial score (nSPS) is 17.7. The summed E-state index contributed by atoms with van der Waals surface area (Å²) in [5.74, 6) is 0.661. The average Bonchev–Trinajstić information content (AvgIpc) is 2.62. The monoisotopic (exact) mass is 360 g/mol. The van der Waals surface area contributed by atoms with Crippen molar-refractivity contribution in [2.45, 2.75) is 45.8 Å². The van der Waals surface area contributed by atoms with E-state index in [2.05, 4.69) is 47.7 Å². The molecule has 1 aromatic carbocycles. The van der Waals surface area contributed by atoms with Gasteiger partial charge in [0.15, 0.2) is 5.96 Å². The summed E-state index contributed by atoms with van der Waals surface area (Å²) in [5, 5.41) is 6.46. The largest absolute Gasteiger partial charge is 0.376 e. The number of guanidine groups is 1. The summed E-state index contributed by atoms with van der Waals surface area (Å²) in [6.07, 6.45) is 3.61. The maximum Gasteiger partial charge on any atom is 0.241 e. The molecule has 6 heteroatoms. The van der Waals surface area contributed by atoms with Crippen molar-refractivity contribution in [2.24, 2.45) is 4.99 Å². The fourth-order valence-corrected chi connectivity index (χ4v) is 2.86. The number of hydrogen-bond donors (Lipinski definition) is 2. The molecule has 1 aliphatic heterocycles. The first-order chi connectivity index (χ1) is 12.5. The zero-order valence-electron chi connectivity index (χ0n) is 16.5. The molecule has 0 saturated carbocycles. The van der Waals surface area contributed by atoms with E-state index in [9.17, 15) is 4.79 Å². The Morgan fingerprint density at radius 2 is 2.08 bits per heavy atom. The smallest absolute Gasteiger partial charge is 0.241 e. The number of likely N-dealkylation sites (N-methyl/N-ethyl adjacent to an activating group) is 1. The Bertz CT molecular complexity index is 622. The summed E-state index contributed by atoms with van der Waals surface area (Å²) in [4.78, 5) is 18.1. The van der Waals surface area contributed by atoms with Crippen LogP contribution < -0.4 is 10.6 Å². The van der Waals surface area contributed by atoms with Gasteiger partial charge in [-0.2, -0.15) is 0 Å². The molecule has 1 unspecified atom stereocenters. The first kappa shape index (κ1) is 20.2. The molecule has 1 atom stereocenters. The number of amides is 1. The topological polar surface area (TPSA) is 66.0 Å². The molecule has 0 radical (unpaired) electrons. The summed E-state index contributed by atoms with van der Waals surface area (Å²) in [7, 11) is 3.50. The van der Waals surface area contributed by atoms with Crippen LogP contribution in [0.25, 0.3) is 0 Å². The van der Waals surface area contributed by atoms with Crippen molar-refractivity contribution in [3.63, 3.8) is 0 Å². The first-order valence-corrected chi connectivity index (χ1v) is 9.36. The van der Waals surface area contributed by atoms with Crippen molar-refractivity contribution < 1.29 is 9.53 Å². The fraction of sp³-hybridized carbons (Fsp3) is 0.600. The summed E-state index contributed by atoms with van der Waals surface area (Å²) in [5.41, 5.74) is 3.66. The number of aryl methyl sites for hydroxylation is 2. The Morgan fingerprint density at radius 1 is 1.27 bits per heavy atom. The molecule has 0 spiro atoms. The molecule has 144 valence electrons. The predicted molar refractivity (Wildman–Crippen MR) is 105 cm³/mol. The Morgan fingerprint density at radius 3 is 2.73 bits per heavy atom. The van der Waals surface area contributed by atoms with Gasteiger partial charge in [-0.15, -0.1) is 0 Å². The molecule has 1 fully saturated rings. The Balaban J connectivity index is 1.98. The minimum Gasteiger partial charge on any atom is -0.376 e. The standard InChI is InChI=1S/C20H32N4O2/c1-15-8-9-17(16(2)11-15)12-21-20(23-14-19(25)24(3)4)22-13-18-7-5-6-10-26-18/h8-9,11,18H,5-7,10,12-14H2,1-4H3,(H2,21,22,23). The number of benzene rings is 1. The first-order valence-electron chi connectivity index (χ1n) is 9.36. The zero-order chi connectivity index (χ0) is 18.9. The van der Waals surface area contributed by atoms with Gasteiger partial charge in [-0.25, -0.2) is 4.99 Å². The maximum atomic E-state index is 11.9. The van der Waals surface area contributed by atoms with E-state index in [1.807, 2.05) is 0 Å². The lowest BCUT2D eigenvalue weighted by molar-refractivity contribution is -0.127. The predicted octanol–water partition coefficient (Wildman–Crippen LogP) is 2.00. The molecule has 1 aliphatic rings. The van der Waals surface area contributed by atoms with E-state index in [1.165, 1.54) is 23.1 Å². The van der Waals surface area contributed by atoms with E-state index in [1.54, 1.807) is 19.0 Å². The molecule has 1 saturated heterocycles. The molecule has 6 nitrogen and oxygen atoms in total. The van der Waals surface area contributed by atoms with Crippen LogP contribution in [0.4, 0.5) is 0 Å². The quantitative estimate of drug-likeness (QED) is 0.601. The van der Waals surface area contributed by atoms with Crippen LogP contribution in [0.3, 0.4) is 0 Å². The zero-order valence-corrected chi connectivity index (χ0v) is 16.5. The second-order valence-corrected chi connectivity index (χ2v) is 7.11.